The lowest BCUT2D eigenvalue weighted by molar-refractivity contribution is 0.669. The van der Waals surface area contributed by atoms with Gasteiger partial charge in [-0.1, -0.05) is 148 Å². The van der Waals surface area contributed by atoms with Crippen molar-refractivity contribution < 1.29 is 4.42 Å². The van der Waals surface area contributed by atoms with Gasteiger partial charge >= 0.3 is 0 Å². The molecule has 0 N–H and O–H groups in total. The number of allylic oxidation sites excluding steroid dienone is 5. The largest absolute Gasteiger partial charge is 0.456 e. The van der Waals surface area contributed by atoms with E-state index < -0.39 is 0 Å². The van der Waals surface area contributed by atoms with Crippen molar-refractivity contribution in [2.45, 2.75) is 39.5 Å². The summed E-state index contributed by atoms with van der Waals surface area (Å²) in [5.41, 5.74) is 15.3. The predicted molar refractivity (Wildman–Crippen MR) is 212 cm³/mol. The second-order valence-electron chi connectivity index (χ2n) is 12.7. The quantitative estimate of drug-likeness (QED) is 0.129. The van der Waals surface area contributed by atoms with Gasteiger partial charge in [-0.2, -0.15) is 0 Å². The fourth-order valence-electron chi connectivity index (χ4n) is 6.75. The molecule has 0 saturated heterocycles. The molecule has 6 aromatic carbocycles. The van der Waals surface area contributed by atoms with Gasteiger partial charge in [0.15, 0.2) is 0 Å². The van der Waals surface area contributed by atoms with Crippen LogP contribution in [0.3, 0.4) is 0 Å². The molecule has 0 saturated carbocycles. The number of fused-ring (bicyclic) bond motifs is 3. The minimum absolute atomic E-state index is 0.918. The van der Waals surface area contributed by atoms with Gasteiger partial charge in [0.2, 0.25) is 0 Å². The average Bonchev–Trinajstić information content (AvgIpc) is 3.54. The van der Waals surface area contributed by atoms with E-state index in [-0.39, 0.29) is 0 Å². The Balaban J connectivity index is 1.18. The molecular formula is C48H42O. The summed E-state index contributed by atoms with van der Waals surface area (Å²) in [6.07, 6.45) is 11.0. The van der Waals surface area contributed by atoms with E-state index in [1.54, 1.807) is 0 Å². The van der Waals surface area contributed by atoms with Gasteiger partial charge in [-0.25, -0.2) is 0 Å². The number of unbranched alkanes of at least 4 members (excludes halogenated alkanes) is 1. The Morgan fingerprint density at radius 3 is 1.65 bits per heavy atom. The van der Waals surface area contributed by atoms with Gasteiger partial charge in [-0.3, -0.25) is 0 Å². The van der Waals surface area contributed by atoms with Crippen LogP contribution in [0.25, 0.3) is 72.0 Å². The van der Waals surface area contributed by atoms with Crippen LogP contribution in [0.4, 0.5) is 0 Å². The Labute approximate surface area is 290 Å². The molecule has 49 heavy (non-hydrogen) atoms. The topological polar surface area (TPSA) is 13.1 Å². The molecule has 1 aromatic heterocycles. The van der Waals surface area contributed by atoms with E-state index in [4.69, 9.17) is 4.42 Å². The van der Waals surface area contributed by atoms with Crippen molar-refractivity contribution in [2.75, 3.05) is 0 Å². The molecule has 0 radical (unpaired) electrons. The Kier molecular flexibility index (Phi) is 9.53. The summed E-state index contributed by atoms with van der Waals surface area (Å²) < 4.78 is 6.08. The summed E-state index contributed by atoms with van der Waals surface area (Å²) in [5.74, 6) is 0. The summed E-state index contributed by atoms with van der Waals surface area (Å²) in [6, 6.07) is 50.2. The highest BCUT2D eigenvalue weighted by Gasteiger charge is 2.10. The highest BCUT2D eigenvalue weighted by atomic mass is 16.3. The van der Waals surface area contributed by atoms with E-state index in [1.807, 2.05) is 18.2 Å². The first kappa shape index (κ1) is 31.9. The first-order valence-corrected chi connectivity index (χ1v) is 17.5. The molecule has 0 fully saturated rings. The fraction of sp³-hybridized carbons (Fsp3) is 0.125. The molecule has 7 rings (SSSR count). The zero-order valence-corrected chi connectivity index (χ0v) is 28.5. The summed E-state index contributed by atoms with van der Waals surface area (Å²) in [5, 5.41) is 2.30. The van der Waals surface area contributed by atoms with Gasteiger partial charge in [-0.05, 0) is 117 Å². The molecular weight excluding hydrogens is 593 g/mol. The lowest BCUT2D eigenvalue weighted by Gasteiger charge is -2.12. The molecule has 1 heteroatoms. The average molecular weight is 635 g/mol. The molecule has 1 heterocycles. The van der Waals surface area contributed by atoms with Crippen LogP contribution in [0.2, 0.25) is 0 Å². The number of para-hydroxylation sites is 1. The van der Waals surface area contributed by atoms with Crippen molar-refractivity contribution in [1.29, 1.82) is 0 Å². The van der Waals surface area contributed by atoms with Gasteiger partial charge in [0.25, 0.3) is 0 Å². The Bertz CT molecular complexity index is 2330. The first-order chi connectivity index (χ1) is 24.1. The molecule has 0 aliphatic heterocycles. The van der Waals surface area contributed by atoms with Gasteiger partial charge < -0.3 is 4.42 Å². The molecule has 1 nitrogen and oxygen atoms in total. The molecule has 240 valence electrons. The standard InChI is InChI=1S/C48H42O/c1-4-7-15-34(6-3)28-35(14-5-2)36-16-10-17-37(29-36)38-18-11-19-39(30-38)40-20-12-21-41(31-40)42-22-13-23-43(32-42)44-26-27-48-46(33-44)45-24-8-9-25-47(45)49-48/h5,8-14,16-33H,2,4,6-7,15H2,1,3H3/b34-28-,35-14+. The van der Waals surface area contributed by atoms with Crippen molar-refractivity contribution in [3.8, 4) is 44.5 Å². The molecule has 0 unspecified atom stereocenters. The third-order valence-corrected chi connectivity index (χ3v) is 9.46. The number of benzene rings is 6. The molecule has 0 spiro atoms. The molecule has 0 aliphatic rings. The fourth-order valence-corrected chi connectivity index (χ4v) is 6.75. The summed E-state index contributed by atoms with van der Waals surface area (Å²) in [6.45, 7) is 8.51. The van der Waals surface area contributed by atoms with Crippen molar-refractivity contribution in [1.82, 2.24) is 0 Å². The minimum Gasteiger partial charge on any atom is -0.456 e. The van der Waals surface area contributed by atoms with Crippen LogP contribution >= 0.6 is 0 Å². The van der Waals surface area contributed by atoms with Gasteiger partial charge in [0, 0.05) is 10.8 Å². The zero-order chi connectivity index (χ0) is 33.6. The number of hydrogen-bond donors (Lipinski definition) is 0. The number of rotatable bonds is 11. The third-order valence-electron chi connectivity index (χ3n) is 9.46. The molecule has 0 atom stereocenters. The van der Waals surface area contributed by atoms with Crippen LogP contribution < -0.4 is 0 Å². The maximum absolute atomic E-state index is 6.08. The lowest BCUT2D eigenvalue weighted by atomic mass is 9.93. The SMILES string of the molecule is C=C/C=C(\C=C(\CC)CCCC)c1cccc(-c2cccc(-c3cccc(-c4cccc(-c5ccc6oc7ccccc7c6c5)c4)c3)c2)c1. The first-order valence-electron chi connectivity index (χ1n) is 17.5. The van der Waals surface area contributed by atoms with Crippen LogP contribution in [0.15, 0.2) is 174 Å². The second kappa shape index (κ2) is 14.6. The van der Waals surface area contributed by atoms with Crippen molar-refractivity contribution in [3.05, 3.63) is 175 Å². The van der Waals surface area contributed by atoms with E-state index in [0.717, 1.165) is 34.8 Å². The van der Waals surface area contributed by atoms with E-state index in [9.17, 15) is 0 Å². The Morgan fingerprint density at radius 2 is 1.08 bits per heavy atom. The summed E-state index contributed by atoms with van der Waals surface area (Å²) in [4.78, 5) is 0. The molecule has 0 aliphatic carbocycles. The van der Waals surface area contributed by atoms with Gasteiger partial charge in [-0.15, -0.1) is 0 Å². The third kappa shape index (κ3) is 6.98. The molecule has 7 aromatic rings. The van der Waals surface area contributed by atoms with Crippen molar-refractivity contribution >= 4 is 27.5 Å². The van der Waals surface area contributed by atoms with Crippen LogP contribution in [0.1, 0.15) is 45.1 Å². The second-order valence-corrected chi connectivity index (χ2v) is 12.7. The normalized spacial score (nSPS) is 12.1. The monoisotopic (exact) mass is 634 g/mol. The Hall–Kier alpha value is -5.66. The van der Waals surface area contributed by atoms with Crippen LogP contribution in [-0.4, -0.2) is 0 Å². The molecule has 0 amide bonds. The maximum atomic E-state index is 6.08. The highest BCUT2D eigenvalue weighted by Crippen LogP contribution is 2.35. The maximum Gasteiger partial charge on any atom is 0.135 e. The van der Waals surface area contributed by atoms with E-state index >= 15 is 0 Å². The summed E-state index contributed by atoms with van der Waals surface area (Å²) >= 11 is 0. The van der Waals surface area contributed by atoms with Crippen LogP contribution in [0, 0.1) is 0 Å². The lowest BCUT2D eigenvalue weighted by Crippen LogP contribution is -1.88. The number of furan rings is 1. The van der Waals surface area contributed by atoms with E-state index in [2.05, 4.69) is 160 Å². The van der Waals surface area contributed by atoms with E-state index in [1.165, 1.54) is 74.1 Å². The van der Waals surface area contributed by atoms with Crippen LogP contribution in [-0.2, 0) is 0 Å². The minimum atomic E-state index is 0.918. The zero-order valence-electron chi connectivity index (χ0n) is 28.5. The van der Waals surface area contributed by atoms with Crippen molar-refractivity contribution in [2.24, 2.45) is 0 Å². The van der Waals surface area contributed by atoms with Crippen LogP contribution in [0.5, 0.6) is 0 Å². The number of hydrogen-bond acceptors (Lipinski definition) is 1. The highest BCUT2D eigenvalue weighted by molar-refractivity contribution is 6.06. The smallest absolute Gasteiger partial charge is 0.135 e. The van der Waals surface area contributed by atoms with E-state index in [0.29, 0.717) is 0 Å². The van der Waals surface area contributed by atoms with Gasteiger partial charge in [0.1, 0.15) is 11.2 Å². The molecule has 0 bridgehead atoms. The summed E-state index contributed by atoms with van der Waals surface area (Å²) in [7, 11) is 0. The predicted octanol–water partition coefficient (Wildman–Crippen LogP) is 14.3. The Morgan fingerprint density at radius 1 is 0.551 bits per heavy atom. The van der Waals surface area contributed by atoms with Gasteiger partial charge in [0.05, 0.1) is 0 Å². The van der Waals surface area contributed by atoms with Crippen molar-refractivity contribution in [3.63, 3.8) is 0 Å².